The van der Waals surface area contributed by atoms with E-state index in [-0.39, 0.29) is 23.5 Å². The molecule has 234 valence electrons. The summed E-state index contributed by atoms with van der Waals surface area (Å²) in [5, 5.41) is 12.1. The van der Waals surface area contributed by atoms with Crippen LogP contribution in [0.1, 0.15) is 138 Å². The van der Waals surface area contributed by atoms with E-state index in [0.29, 0.717) is 56.9 Å². The molecule has 2 unspecified atom stereocenters. The van der Waals surface area contributed by atoms with Crippen LogP contribution in [-0.2, 0) is 19.2 Å². The van der Waals surface area contributed by atoms with Gasteiger partial charge in [0.05, 0.1) is 6.04 Å². The number of nitrogens with one attached hydrogen (secondary N) is 4. The van der Waals surface area contributed by atoms with Crippen molar-refractivity contribution in [3.8, 4) is 0 Å². The smallest absolute Gasteiger partial charge is 0.243 e. The molecule has 0 aromatic heterocycles. The Balaban J connectivity index is 4.88. The van der Waals surface area contributed by atoms with Crippen LogP contribution in [0, 0.1) is 11.8 Å². The molecule has 0 heterocycles. The van der Waals surface area contributed by atoms with Crippen LogP contribution in [0.3, 0.4) is 0 Å². The van der Waals surface area contributed by atoms with Crippen LogP contribution in [0.5, 0.6) is 0 Å². The number of carbonyl (C=O) groups excluding carboxylic acids is 4. The van der Waals surface area contributed by atoms with Gasteiger partial charge in [-0.3, -0.25) is 19.2 Å². The zero-order chi connectivity index (χ0) is 30.2. The van der Waals surface area contributed by atoms with Crippen molar-refractivity contribution < 1.29 is 19.2 Å². The first-order valence-electron chi connectivity index (χ1n) is 16.2. The van der Waals surface area contributed by atoms with Crippen LogP contribution in [-0.4, -0.2) is 55.2 Å². The van der Waals surface area contributed by atoms with Crippen LogP contribution in [0.2, 0.25) is 0 Å². The highest BCUT2D eigenvalue weighted by Gasteiger charge is 2.25. The third-order valence-corrected chi connectivity index (χ3v) is 7.16. The molecule has 0 rings (SSSR count). The first-order chi connectivity index (χ1) is 19.1. The lowest BCUT2D eigenvalue weighted by atomic mass is 10.0. The number of Topliss-reactive ketones (excluding diaryl/α,β-unsaturated/α-hetero) is 1. The van der Waals surface area contributed by atoms with Gasteiger partial charge in [-0.1, -0.05) is 67.2 Å². The Morgan fingerprint density at radius 1 is 0.575 bits per heavy atom. The Morgan fingerprint density at radius 2 is 1.10 bits per heavy atom. The number of hydrogen-bond donors (Lipinski definition) is 4. The van der Waals surface area contributed by atoms with Gasteiger partial charge in [-0.25, -0.2) is 0 Å². The molecule has 0 aromatic rings. The zero-order valence-electron chi connectivity index (χ0n) is 26.7. The maximum atomic E-state index is 13.3. The first-order valence-corrected chi connectivity index (χ1v) is 16.2. The second-order valence-corrected chi connectivity index (χ2v) is 12.0. The fourth-order valence-electron chi connectivity index (χ4n) is 4.61. The molecule has 0 aliphatic rings. The molecule has 0 radical (unpaired) electrons. The summed E-state index contributed by atoms with van der Waals surface area (Å²) in [4.78, 5) is 50.6. The zero-order valence-corrected chi connectivity index (χ0v) is 26.7. The van der Waals surface area contributed by atoms with Crippen LogP contribution in [0.25, 0.3) is 0 Å². The molecule has 3 amide bonds. The van der Waals surface area contributed by atoms with Crippen molar-refractivity contribution in [1.82, 2.24) is 21.3 Å². The fraction of sp³-hybridized carbons (Fsp3) is 0.875. The Bertz CT molecular complexity index is 696. The first kappa shape index (κ1) is 38.0. The van der Waals surface area contributed by atoms with E-state index in [1.165, 1.54) is 0 Å². The second kappa shape index (κ2) is 24.8. The molecule has 0 saturated carbocycles. The summed E-state index contributed by atoms with van der Waals surface area (Å²) in [6.07, 6.45) is 11.5. The highest BCUT2D eigenvalue weighted by Crippen LogP contribution is 2.11. The third kappa shape index (κ3) is 21.8. The van der Waals surface area contributed by atoms with Gasteiger partial charge < -0.3 is 21.3 Å². The molecule has 40 heavy (non-hydrogen) atoms. The molecule has 0 aromatic carbocycles. The Labute approximate surface area is 245 Å². The number of hydrogen-bond acceptors (Lipinski definition) is 5. The lowest BCUT2D eigenvalue weighted by Crippen LogP contribution is -2.51. The normalized spacial score (nSPS) is 12.8. The lowest BCUT2D eigenvalue weighted by molar-refractivity contribution is -0.131. The van der Waals surface area contributed by atoms with Crippen molar-refractivity contribution in [1.29, 1.82) is 0 Å². The summed E-state index contributed by atoms with van der Waals surface area (Å²) >= 11 is 0. The Morgan fingerprint density at radius 3 is 1.65 bits per heavy atom. The van der Waals surface area contributed by atoms with Crippen molar-refractivity contribution in [3.63, 3.8) is 0 Å². The van der Waals surface area contributed by atoms with Gasteiger partial charge in [-0.05, 0) is 76.3 Å². The van der Waals surface area contributed by atoms with E-state index in [1.807, 2.05) is 6.92 Å². The minimum atomic E-state index is -0.682. The minimum Gasteiger partial charge on any atom is -0.356 e. The van der Waals surface area contributed by atoms with Gasteiger partial charge in [0.15, 0.2) is 5.78 Å². The van der Waals surface area contributed by atoms with Gasteiger partial charge in [0.2, 0.25) is 17.7 Å². The van der Waals surface area contributed by atoms with Crippen molar-refractivity contribution in [2.24, 2.45) is 11.8 Å². The number of carbonyl (C=O) groups is 4. The van der Waals surface area contributed by atoms with Crippen molar-refractivity contribution in [3.05, 3.63) is 0 Å². The number of amides is 3. The Kier molecular flexibility index (Phi) is 23.6. The Hall–Kier alpha value is -1.96. The number of unbranched alkanes of at least 4 members (excludes halogenated alkanes) is 4. The molecule has 0 bridgehead atoms. The topological polar surface area (TPSA) is 116 Å². The van der Waals surface area contributed by atoms with Crippen LogP contribution in [0.4, 0.5) is 0 Å². The maximum Gasteiger partial charge on any atom is 0.243 e. The van der Waals surface area contributed by atoms with Gasteiger partial charge in [0.1, 0.15) is 6.04 Å². The average molecular weight is 567 g/mol. The molecule has 0 saturated heterocycles. The minimum absolute atomic E-state index is 0.0201. The van der Waals surface area contributed by atoms with E-state index in [9.17, 15) is 19.2 Å². The molecule has 8 heteroatoms. The summed E-state index contributed by atoms with van der Waals surface area (Å²) in [5.74, 6) is 0.945. The van der Waals surface area contributed by atoms with Crippen LogP contribution >= 0.6 is 0 Å². The molecule has 0 spiro atoms. The molecule has 2 atom stereocenters. The highest BCUT2D eigenvalue weighted by molar-refractivity contribution is 5.92. The summed E-state index contributed by atoms with van der Waals surface area (Å²) in [6.45, 7) is 15.0. The van der Waals surface area contributed by atoms with E-state index in [2.05, 4.69) is 55.9 Å². The SMILES string of the molecule is CCNCCCCC(NC(=O)C(CCCCNC(=O)CCCCC(C)C)NC(=O)CCCCC(C)C)C(=O)CC. The largest absolute Gasteiger partial charge is 0.356 e. The molecular formula is C32H62N4O4. The van der Waals surface area contributed by atoms with E-state index < -0.39 is 12.1 Å². The summed E-state index contributed by atoms with van der Waals surface area (Å²) in [7, 11) is 0. The van der Waals surface area contributed by atoms with Crippen molar-refractivity contribution in [2.45, 2.75) is 150 Å². The predicted molar refractivity (Wildman–Crippen MR) is 165 cm³/mol. The highest BCUT2D eigenvalue weighted by atomic mass is 16.2. The van der Waals surface area contributed by atoms with Gasteiger partial charge >= 0.3 is 0 Å². The number of ketones is 1. The van der Waals surface area contributed by atoms with Crippen LogP contribution in [0.15, 0.2) is 0 Å². The predicted octanol–water partition coefficient (Wildman–Crippen LogP) is 5.43. The monoisotopic (exact) mass is 566 g/mol. The molecule has 0 aliphatic carbocycles. The van der Waals surface area contributed by atoms with E-state index in [1.54, 1.807) is 0 Å². The quantitative estimate of drug-likeness (QED) is 0.104. The molecule has 0 fully saturated rings. The number of rotatable bonds is 26. The third-order valence-electron chi connectivity index (χ3n) is 7.16. The summed E-state index contributed by atoms with van der Waals surface area (Å²) in [5.41, 5.74) is 0. The van der Waals surface area contributed by atoms with Gasteiger partial charge in [-0.2, -0.15) is 0 Å². The second-order valence-electron chi connectivity index (χ2n) is 12.0. The van der Waals surface area contributed by atoms with E-state index >= 15 is 0 Å². The van der Waals surface area contributed by atoms with Crippen LogP contribution < -0.4 is 21.3 Å². The lowest BCUT2D eigenvalue weighted by Gasteiger charge is -2.23. The fourth-order valence-corrected chi connectivity index (χ4v) is 4.61. The average Bonchev–Trinajstić information content (AvgIpc) is 2.91. The molecule has 4 N–H and O–H groups in total. The van der Waals surface area contributed by atoms with Gasteiger partial charge in [0.25, 0.3) is 0 Å². The van der Waals surface area contributed by atoms with Gasteiger partial charge in [0, 0.05) is 25.8 Å². The maximum absolute atomic E-state index is 13.3. The van der Waals surface area contributed by atoms with Crippen molar-refractivity contribution >= 4 is 23.5 Å². The summed E-state index contributed by atoms with van der Waals surface area (Å²) < 4.78 is 0. The molecule has 8 nitrogen and oxygen atoms in total. The summed E-state index contributed by atoms with van der Waals surface area (Å²) in [6, 6.07) is -1.21. The standard InChI is InChI=1S/C32H62N4O4/c1-7-29(37)27(19-13-15-23-33-8-2)36-32(40)28(35-31(39)22-12-10-18-26(5)6)20-14-16-24-34-30(38)21-11-9-17-25(3)4/h25-28,33H,7-24H2,1-6H3,(H,34,38)(H,35,39)(H,36,40). The van der Waals surface area contributed by atoms with E-state index in [4.69, 9.17) is 0 Å². The van der Waals surface area contributed by atoms with Crippen molar-refractivity contribution in [2.75, 3.05) is 19.6 Å². The van der Waals surface area contributed by atoms with Gasteiger partial charge in [-0.15, -0.1) is 0 Å². The molecular weight excluding hydrogens is 504 g/mol. The van der Waals surface area contributed by atoms with E-state index in [0.717, 1.165) is 70.9 Å². The molecule has 0 aliphatic heterocycles.